The van der Waals surface area contributed by atoms with E-state index in [0.717, 1.165) is 48.6 Å². The average molecular weight is 575 g/mol. The summed E-state index contributed by atoms with van der Waals surface area (Å²) in [7, 11) is 0. The molecule has 0 amide bonds. The molecule has 0 bridgehead atoms. The number of nitrogens with zero attached hydrogens (tertiary/aromatic N) is 1. The van der Waals surface area contributed by atoms with Gasteiger partial charge in [0.1, 0.15) is 23.1 Å². The number of hydrogen-bond acceptors (Lipinski definition) is 4. The molecule has 9 heteroatoms. The molecular formula is C32H41F3N2O4. The van der Waals surface area contributed by atoms with Gasteiger partial charge in [-0.15, -0.1) is 0 Å². The fraction of sp³-hybridized carbons (Fsp3) is 0.531. The largest absolute Gasteiger partial charge is 0.493 e. The highest BCUT2D eigenvalue weighted by Gasteiger charge is 2.41. The van der Waals surface area contributed by atoms with Crippen molar-refractivity contribution in [3.63, 3.8) is 0 Å². The monoisotopic (exact) mass is 574 g/mol. The third kappa shape index (κ3) is 8.04. The molecule has 0 aliphatic carbocycles. The van der Waals surface area contributed by atoms with Crippen LogP contribution < -0.4 is 4.74 Å². The summed E-state index contributed by atoms with van der Waals surface area (Å²) >= 11 is 0. The second-order valence-electron chi connectivity index (χ2n) is 11.6. The van der Waals surface area contributed by atoms with Crippen molar-refractivity contribution in [2.75, 3.05) is 26.4 Å². The fourth-order valence-corrected chi connectivity index (χ4v) is 5.69. The van der Waals surface area contributed by atoms with Crippen LogP contribution in [0.25, 0.3) is 10.9 Å². The molecule has 1 aromatic heterocycles. The molecule has 1 aliphatic rings. The number of H-pyrrole nitrogens is 1. The molecule has 0 radical (unpaired) electrons. The van der Waals surface area contributed by atoms with E-state index in [0.29, 0.717) is 25.3 Å². The summed E-state index contributed by atoms with van der Waals surface area (Å²) < 4.78 is 57.4. The van der Waals surface area contributed by atoms with Gasteiger partial charge in [-0.3, -0.25) is 9.69 Å². The van der Waals surface area contributed by atoms with E-state index in [9.17, 15) is 9.18 Å². The molecule has 4 rings (SSSR count). The molecule has 2 heterocycles. The average Bonchev–Trinajstić information content (AvgIpc) is 3.25. The number of halogens is 3. The first-order chi connectivity index (χ1) is 19.5. The number of hydrogen-bond donors (Lipinski definition) is 2. The first kappa shape index (κ1) is 30.9. The van der Waals surface area contributed by atoms with Gasteiger partial charge in [-0.05, 0) is 51.7 Å². The minimum atomic E-state index is -1.56. The Morgan fingerprint density at radius 1 is 1.05 bits per heavy atom. The number of unbranched alkanes of at least 4 members (excludes halogenated alkanes) is 4. The summed E-state index contributed by atoms with van der Waals surface area (Å²) in [4.78, 5) is 15.7. The van der Waals surface area contributed by atoms with Crippen LogP contribution in [0, 0.1) is 11.6 Å². The summed E-state index contributed by atoms with van der Waals surface area (Å²) in [5.74, 6) is -2.16. The molecule has 2 atom stereocenters. The number of para-hydroxylation sites is 1. The van der Waals surface area contributed by atoms with Crippen molar-refractivity contribution in [1.82, 2.24) is 9.88 Å². The van der Waals surface area contributed by atoms with Gasteiger partial charge in [-0.25, -0.2) is 13.2 Å². The predicted molar refractivity (Wildman–Crippen MR) is 153 cm³/mol. The van der Waals surface area contributed by atoms with Gasteiger partial charge in [0.15, 0.2) is 0 Å². The lowest BCUT2D eigenvalue weighted by molar-refractivity contribution is -0.138. The molecule has 41 heavy (non-hydrogen) atoms. The summed E-state index contributed by atoms with van der Waals surface area (Å²) in [6, 6.07) is 9.33. The Morgan fingerprint density at radius 3 is 2.39 bits per heavy atom. The van der Waals surface area contributed by atoms with Gasteiger partial charge in [0, 0.05) is 53.5 Å². The van der Waals surface area contributed by atoms with Crippen molar-refractivity contribution in [3.05, 3.63) is 64.9 Å². The molecule has 0 spiro atoms. The summed E-state index contributed by atoms with van der Waals surface area (Å²) in [5.41, 5.74) is 0.942. The van der Waals surface area contributed by atoms with Crippen molar-refractivity contribution >= 4 is 16.9 Å². The maximum atomic E-state index is 15.7. The lowest BCUT2D eigenvalue weighted by Crippen LogP contribution is -2.48. The number of carboxylic acid groups (broad SMARTS) is 1. The van der Waals surface area contributed by atoms with Crippen LogP contribution in [-0.4, -0.2) is 59.0 Å². The highest BCUT2D eigenvalue weighted by Crippen LogP contribution is 2.43. The van der Waals surface area contributed by atoms with E-state index in [4.69, 9.17) is 14.6 Å². The Labute approximate surface area is 239 Å². The number of aromatic amines is 1. The minimum absolute atomic E-state index is 0.0113. The zero-order chi connectivity index (χ0) is 29.6. The number of rotatable bonds is 15. The Bertz CT molecular complexity index is 1300. The van der Waals surface area contributed by atoms with Gasteiger partial charge in [0.2, 0.25) is 0 Å². The predicted octanol–water partition coefficient (Wildman–Crippen LogP) is 7.35. The van der Waals surface area contributed by atoms with Crippen LogP contribution in [0.5, 0.6) is 5.75 Å². The highest BCUT2D eigenvalue weighted by molar-refractivity contribution is 5.85. The smallest absolute Gasteiger partial charge is 0.305 e. The van der Waals surface area contributed by atoms with E-state index >= 15 is 8.78 Å². The Kier molecular flexibility index (Phi) is 10.4. The van der Waals surface area contributed by atoms with E-state index < -0.39 is 29.3 Å². The third-order valence-corrected chi connectivity index (χ3v) is 7.56. The lowest BCUT2D eigenvalue weighted by atomic mass is 9.87. The second kappa shape index (κ2) is 13.7. The fourth-order valence-electron chi connectivity index (χ4n) is 5.69. The number of alkyl halides is 1. The van der Waals surface area contributed by atoms with Crippen LogP contribution in [0.2, 0.25) is 0 Å². The molecule has 0 fully saturated rings. The Hall–Kier alpha value is -3.04. The standard InChI is InChI=1S/C32H41F3N2O4/c1-21-17-24-23-11-7-8-12-27(23)36-30(24)31(37(21)20-32(2,3)35)29-25(33)18-22(19-26(29)34)41-15-10-6-4-5-9-14-40-16-13-28(38)39/h7-8,11-12,18-19,21,31,36H,4-6,9-10,13-17,20H2,1-3H3,(H,38,39)/t21-,31-/m1/s1. The summed E-state index contributed by atoms with van der Waals surface area (Å²) in [5, 5.41) is 9.61. The molecule has 0 saturated carbocycles. The lowest BCUT2D eigenvalue weighted by Gasteiger charge is -2.43. The van der Waals surface area contributed by atoms with Gasteiger partial charge in [-0.1, -0.05) is 37.5 Å². The number of ether oxygens (including phenoxy) is 2. The van der Waals surface area contributed by atoms with Gasteiger partial charge in [0.25, 0.3) is 0 Å². The highest BCUT2D eigenvalue weighted by atomic mass is 19.1. The van der Waals surface area contributed by atoms with E-state index in [1.54, 1.807) is 0 Å². The zero-order valence-corrected chi connectivity index (χ0v) is 24.2. The van der Waals surface area contributed by atoms with Crippen molar-refractivity contribution in [1.29, 1.82) is 0 Å². The Balaban J connectivity index is 1.42. The molecule has 1 aliphatic heterocycles. The second-order valence-corrected chi connectivity index (χ2v) is 11.6. The maximum absolute atomic E-state index is 15.7. The van der Waals surface area contributed by atoms with Crippen LogP contribution in [0.1, 0.15) is 82.2 Å². The number of carbonyl (C=O) groups is 1. The number of aliphatic carboxylic acids is 1. The first-order valence-electron chi connectivity index (χ1n) is 14.5. The van der Waals surface area contributed by atoms with E-state index in [1.807, 2.05) is 36.1 Å². The topological polar surface area (TPSA) is 74.8 Å². The van der Waals surface area contributed by atoms with Crippen LogP contribution in [0.15, 0.2) is 36.4 Å². The van der Waals surface area contributed by atoms with E-state index in [2.05, 4.69) is 4.98 Å². The zero-order valence-electron chi connectivity index (χ0n) is 24.2. The number of fused-ring (bicyclic) bond motifs is 3. The number of aromatic nitrogens is 1. The SMILES string of the molecule is C[C@@H]1Cc2c([nH]c3ccccc23)[C@@H](c2c(F)cc(OCCCCCCCOCCC(=O)O)cc2F)N1CC(C)(C)F. The van der Waals surface area contributed by atoms with Gasteiger partial charge < -0.3 is 19.6 Å². The van der Waals surface area contributed by atoms with E-state index in [1.165, 1.54) is 26.0 Å². The van der Waals surface area contributed by atoms with Crippen LogP contribution >= 0.6 is 0 Å². The number of benzene rings is 2. The molecular weight excluding hydrogens is 533 g/mol. The molecule has 2 aromatic carbocycles. The van der Waals surface area contributed by atoms with Crippen molar-refractivity contribution < 1.29 is 32.5 Å². The molecule has 224 valence electrons. The van der Waals surface area contributed by atoms with Gasteiger partial charge in [0.05, 0.1) is 25.7 Å². The molecule has 0 saturated heterocycles. The molecule has 3 aromatic rings. The van der Waals surface area contributed by atoms with Crippen molar-refractivity contribution in [3.8, 4) is 5.75 Å². The molecule has 6 nitrogen and oxygen atoms in total. The van der Waals surface area contributed by atoms with Gasteiger partial charge in [-0.2, -0.15) is 0 Å². The van der Waals surface area contributed by atoms with Crippen LogP contribution in [0.4, 0.5) is 13.2 Å². The third-order valence-electron chi connectivity index (χ3n) is 7.56. The van der Waals surface area contributed by atoms with Crippen molar-refractivity contribution in [2.45, 2.75) is 83.5 Å². The van der Waals surface area contributed by atoms with E-state index in [-0.39, 0.29) is 36.9 Å². The summed E-state index contributed by atoms with van der Waals surface area (Å²) in [6.45, 7) is 6.07. The van der Waals surface area contributed by atoms with Gasteiger partial charge >= 0.3 is 5.97 Å². The molecule has 0 unspecified atom stereocenters. The number of carboxylic acids is 1. The molecule has 2 N–H and O–H groups in total. The number of nitrogens with one attached hydrogen (secondary N) is 1. The Morgan fingerprint density at radius 2 is 1.71 bits per heavy atom. The first-order valence-corrected chi connectivity index (χ1v) is 14.5. The maximum Gasteiger partial charge on any atom is 0.305 e. The van der Waals surface area contributed by atoms with Crippen molar-refractivity contribution in [2.24, 2.45) is 0 Å². The minimum Gasteiger partial charge on any atom is -0.493 e. The van der Waals surface area contributed by atoms with Crippen LogP contribution in [-0.2, 0) is 16.0 Å². The quantitative estimate of drug-likeness (QED) is 0.186. The van der Waals surface area contributed by atoms with Crippen LogP contribution in [0.3, 0.4) is 0 Å². The normalized spacial score (nSPS) is 17.6. The summed E-state index contributed by atoms with van der Waals surface area (Å²) in [6.07, 6.45) is 5.06.